The van der Waals surface area contributed by atoms with Gasteiger partial charge in [0.05, 0.1) is 11.6 Å². The fourth-order valence-electron chi connectivity index (χ4n) is 3.41. The van der Waals surface area contributed by atoms with Gasteiger partial charge in [-0.05, 0) is 63.3 Å². The summed E-state index contributed by atoms with van der Waals surface area (Å²) in [4.78, 5) is 13.1. The van der Waals surface area contributed by atoms with E-state index in [-0.39, 0.29) is 17.7 Å². The van der Waals surface area contributed by atoms with Gasteiger partial charge in [0, 0.05) is 10.2 Å². The molecular formula is C19H21BrN2O. The molecule has 0 radical (unpaired) electrons. The average molecular weight is 373 g/mol. The summed E-state index contributed by atoms with van der Waals surface area (Å²) in [5.41, 5.74) is 4.38. The summed E-state index contributed by atoms with van der Waals surface area (Å²) in [5.74, 6) is 0.259. The van der Waals surface area contributed by atoms with E-state index in [1.807, 2.05) is 32.0 Å². The highest BCUT2D eigenvalue weighted by molar-refractivity contribution is 9.10. The van der Waals surface area contributed by atoms with Gasteiger partial charge in [0.15, 0.2) is 0 Å². The molecule has 0 amide bonds. The molecule has 4 heteroatoms. The number of carbonyl (C=O) groups excluding carboxylic acids is 1. The van der Waals surface area contributed by atoms with Crippen molar-refractivity contribution >= 4 is 21.8 Å². The molecule has 1 aromatic heterocycles. The minimum absolute atomic E-state index is 0.0575. The van der Waals surface area contributed by atoms with Gasteiger partial charge in [-0.1, -0.05) is 39.7 Å². The second-order valence-corrected chi connectivity index (χ2v) is 7.35. The first-order valence-corrected chi connectivity index (χ1v) is 8.73. The molecule has 0 spiro atoms. The maximum absolute atomic E-state index is 13.1. The molecule has 0 N–H and O–H groups in total. The Balaban J connectivity index is 1.96. The van der Waals surface area contributed by atoms with E-state index in [2.05, 4.69) is 46.2 Å². The summed E-state index contributed by atoms with van der Waals surface area (Å²) in [7, 11) is 0. The summed E-state index contributed by atoms with van der Waals surface area (Å²) in [5, 5.41) is 4.39. The van der Waals surface area contributed by atoms with Crippen LogP contribution < -0.4 is 0 Å². The van der Waals surface area contributed by atoms with Gasteiger partial charge in [0.2, 0.25) is 0 Å². The molecule has 2 aromatic rings. The number of hydrogen-bond donors (Lipinski definition) is 0. The maximum Gasteiger partial charge on any atom is 0.251 e. The first-order chi connectivity index (χ1) is 11.0. The van der Waals surface area contributed by atoms with Gasteiger partial charge >= 0.3 is 0 Å². The second kappa shape index (κ2) is 6.44. The SMILES string of the molecule is CC1=CCC(C(=O)n2nc(C)cc2C)C(c2ccc(Br)cc2)C1. The Morgan fingerprint density at radius 2 is 1.91 bits per heavy atom. The third kappa shape index (κ3) is 3.32. The van der Waals surface area contributed by atoms with Crippen LogP contribution in [-0.4, -0.2) is 15.7 Å². The molecular weight excluding hydrogens is 352 g/mol. The highest BCUT2D eigenvalue weighted by Crippen LogP contribution is 2.38. The van der Waals surface area contributed by atoms with Gasteiger partial charge in [0.25, 0.3) is 5.91 Å². The van der Waals surface area contributed by atoms with Crippen LogP contribution in [0.2, 0.25) is 0 Å². The zero-order chi connectivity index (χ0) is 16.6. The lowest BCUT2D eigenvalue weighted by Crippen LogP contribution is -2.30. The van der Waals surface area contributed by atoms with Crippen LogP contribution in [-0.2, 0) is 0 Å². The Morgan fingerprint density at radius 3 is 2.52 bits per heavy atom. The van der Waals surface area contributed by atoms with Gasteiger partial charge in [0.1, 0.15) is 0 Å². The Morgan fingerprint density at radius 1 is 1.22 bits per heavy atom. The molecule has 0 fully saturated rings. The summed E-state index contributed by atoms with van der Waals surface area (Å²) in [6.07, 6.45) is 3.91. The van der Waals surface area contributed by atoms with Crippen molar-refractivity contribution in [3.05, 3.63) is 63.4 Å². The van der Waals surface area contributed by atoms with Crippen LogP contribution in [0.3, 0.4) is 0 Å². The Kier molecular flexibility index (Phi) is 4.53. The molecule has 1 aliphatic rings. The number of halogens is 1. The van der Waals surface area contributed by atoms with Crippen LogP contribution in [0, 0.1) is 19.8 Å². The number of aryl methyl sites for hydroxylation is 2. The number of allylic oxidation sites excluding steroid dienone is 2. The van der Waals surface area contributed by atoms with Crippen LogP contribution in [0.1, 0.15) is 47.4 Å². The van der Waals surface area contributed by atoms with Crippen molar-refractivity contribution in [2.75, 3.05) is 0 Å². The van der Waals surface area contributed by atoms with E-state index in [4.69, 9.17) is 0 Å². The molecule has 2 atom stereocenters. The molecule has 23 heavy (non-hydrogen) atoms. The van der Waals surface area contributed by atoms with Crippen LogP contribution in [0.4, 0.5) is 0 Å². The third-order valence-electron chi connectivity index (χ3n) is 4.58. The van der Waals surface area contributed by atoms with E-state index in [1.54, 1.807) is 4.68 Å². The lowest BCUT2D eigenvalue weighted by atomic mass is 9.75. The fraction of sp³-hybridized carbons (Fsp3) is 0.368. The third-order valence-corrected chi connectivity index (χ3v) is 5.11. The first-order valence-electron chi connectivity index (χ1n) is 7.94. The van der Waals surface area contributed by atoms with Crippen LogP contribution in [0.15, 0.2) is 46.5 Å². The Bertz CT molecular complexity index is 758. The molecule has 0 aliphatic heterocycles. The van der Waals surface area contributed by atoms with Crippen molar-refractivity contribution < 1.29 is 4.79 Å². The quantitative estimate of drug-likeness (QED) is 0.691. The van der Waals surface area contributed by atoms with Crippen molar-refractivity contribution in [2.45, 2.75) is 39.5 Å². The molecule has 3 nitrogen and oxygen atoms in total. The van der Waals surface area contributed by atoms with Crippen molar-refractivity contribution in [3.8, 4) is 0 Å². The van der Waals surface area contributed by atoms with Gasteiger partial charge < -0.3 is 0 Å². The summed E-state index contributed by atoms with van der Waals surface area (Å²) >= 11 is 3.48. The monoisotopic (exact) mass is 372 g/mol. The number of carbonyl (C=O) groups is 1. The molecule has 1 aliphatic carbocycles. The van der Waals surface area contributed by atoms with Crippen molar-refractivity contribution in [2.24, 2.45) is 5.92 Å². The van der Waals surface area contributed by atoms with Crippen molar-refractivity contribution in [1.29, 1.82) is 0 Å². The van der Waals surface area contributed by atoms with Gasteiger partial charge in [-0.3, -0.25) is 4.79 Å². The molecule has 1 aromatic carbocycles. The van der Waals surface area contributed by atoms with E-state index in [0.717, 1.165) is 28.7 Å². The largest absolute Gasteiger partial charge is 0.272 e. The fourth-order valence-corrected chi connectivity index (χ4v) is 3.67. The zero-order valence-corrected chi connectivity index (χ0v) is 15.3. The maximum atomic E-state index is 13.1. The number of rotatable bonds is 2. The van der Waals surface area contributed by atoms with Gasteiger partial charge in [-0.25, -0.2) is 4.68 Å². The van der Waals surface area contributed by atoms with Gasteiger partial charge in [-0.15, -0.1) is 0 Å². The van der Waals surface area contributed by atoms with Crippen LogP contribution in [0.25, 0.3) is 0 Å². The summed E-state index contributed by atoms with van der Waals surface area (Å²) < 4.78 is 2.64. The van der Waals surface area contributed by atoms with E-state index in [9.17, 15) is 4.79 Å². The molecule has 3 rings (SSSR count). The molecule has 0 saturated heterocycles. The van der Waals surface area contributed by atoms with E-state index in [0.29, 0.717) is 0 Å². The predicted octanol–water partition coefficient (Wildman–Crippen LogP) is 5.04. The minimum Gasteiger partial charge on any atom is -0.272 e. The lowest BCUT2D eigenvalue weighted by molar-refractivity contribution is 0.0788. The topological polar surface area (TPSA) is 34.9 Å². The zero-order valence-electron chi connectivity index (χ0n) is 13.7. The highest BCUT2D eigenvalue weighted by Gasteiger charge is 2.33. The standard InChI is InChI=1S/C19H21BrN2O/c1-12-4-9-17(19(23)22-14(3)11-13(2)21-22)18(10-12)15-5-7-16(20)8-6-15/h4-8,11,17-18H,9-10H2,1-3H3. The number of aromatic nitrogens is 2. The second-order valence-electron chi connectivity index (χ2n) is 6.43. The first kappa shape index (κ1) is 16.2. The van der Waals surface area contributed by atoms with E-state index >= 15 is 0 Å². The minimum atomic E-state index is -0.0575. The smallest absolute Gasteiger partial charge is 0.251 e. The van der Waals surface area contributed by atoms with Gasteiger partial charge in [-0.2, -0.15) is 5.10 Å². The average Bonchev–Trinajstić information content (AvgIpc) is 2.86. The van der Waals surface area contributed by atoms with Crippen molar-refractivity contribution in [3.63, 3.8) is 0 Å². The number of hydrogen-bond acceptors (Lipinski definition) is 2. The predicted molar refractivity (Wildman–Crippen MR) is 95.7 cm³/mol. The van der Waals surface area contributed by atoms with Crippen LogP contribution in [0.5, 0.6) is 0 Å². The van der Waals surface area contributed by atoms with Crippen LogP contribution >= 0.6 is 15.9 Å². The molecule has 120 valence electrons. The normalized spacial score (nSPS) is 21.1. The highest BCUT2D eigenvalue weighted by atomic mass is 79.9. The molecule has 0 saturated carbocycles. The number of benzene rings is 1. The Labute approximate surface area is 145 Å². The molecule has 0 bridgehead atoms. The molecule has 2 unspecified atom stereocenters. The molecule has 1 heterocycles. The lowest BCUT2D eigenvalue weighted by Gasteiger charge is -2.30. The number of nitrogens with zero attached hydrogens (tertiary/aromatic N) is 2. The van der Waals surface area contributed by atoms with Crippen molar-refractivity contribution in [1.82, 2.24) is 9.78 Å². The van der Waals surface area contributed by atoms with E-state index < -0.39 is 0 Å². The van der Waals surface area contributed by atoms with E-state index in [1.165, 1.54) is 11.1 Å². The summed E-state index contributed by atoms with van der Waals surface area (Å²) in [6.45, 7) is 6.01. The Hall–Kier alpha value is -1.68. The summed E-state index contributed by atoms with van der Waals surface area (Å²) in [6, 6.07) is 10.3.